The molecule has 0 N–H and O–H groups in total. The van der Waals surface area contributed by atoms with E-state index in [0.717, 1.165) is 60.8 Å². The number of hydrogen-bond acceptors (Lipinski definition) is 2. The smallest absolute Gasteiger partial charge is 0.134 e. The molecule has 0 amide bonds. The van der Waals surface area contributed by atoms with Gasteiger partial charge in [-0.15, -0.1) is 0 Å². The Morgan fingerprint density at radius 3 is 2.00 bits per heavy atom. The van der Waals surface area contributed by atoms with Crippen molar-refractivity contribution in [3.8, 4) is 0 Å². The fourth-order valence-electron chi connectivity index (χ4n) is 4.23. The quantitative estimate of drug-likeness (QED) is 0.339. The van der Waals surface area contributed by atoms with Crippen LogP contribution < -0.4 is 10.4 Å². The van der Waals surface area contributed by atoms with E-state index in [2.05, 4.69) is 50.4 Å². The molecule has 2 heterocycles. The molecule has 0 spiro atoms. The first-order valence-corrected chi connectivity index (χ1v) is 10.8. The van der Waals surface area contributed by atoms with E-state index in [1.165, 1.54) is 38.5 Å². The molecular formula is C27H30O2. The van der Waals surface area contributed by atoms with Crippen LogP contribution in [0.3, 0.4) is 0 Å². The first kappa shape index (κ1) is 19.6. The highest BCUT2D eigenvalue weighted by Gasteiger charge is 2.07. The topological polar surface area (TPSA) is 26.3 Å². The van der Waals surface area contributed by atoms with E-state index < -0.39 is 0 Å². The summed E-state index contributed by atoms with van der Waals surface area (Å²) in [5, 5.41) is 6.37. The zero-order chi connectivity index (χ0) is 20.4. The summed E-state index contributed by atoms with van der Waals surface area (Å²) in [5.74, 6) is 1.97. The molecule has 2 aromatic carbocycles. The van der Waals surface area contributed by atoms with Crippen molar-refractivity contribution >= 4 is 35.1 Å². The molecule has 29 heavy (non-hydrogen) atoms. The molecule has 2 nitrogen and oxygen atoms in total. The van der Waals surface area contributed by atoms with Crippen LogP contribution in [0.15, 0.2) is 45.2 Å². The maximum atomic E-state index is 6.10. The molecule has 0 unspecified atom stereocenters. The van der Waals surface area contributed by atoms with Crippen LogP contribution in [-0.4, -0.2) is 0 Å². The molecule has 0 radical (unpaired) electrons. The summed E-state index contributed by atoms with van der Waals surface area (Å²) in [6, 6.07) is 12.5. The summed E-state index contributed by atoms with van der Waals surface area (Å²) in [4.78, 5) is 0. The maximum Gasteiger partial charge on any atom is 0.134 e. The third-order valence-electron chi connectivity index (χ3n) is 5.87. The van der Waals surface area contributed by atoms with Gasteiger partial charge in [0.05, 0.1) is 0 Å². The van der Waals surface area contributed by atoms with E-state index in [-0.39, 0.29) is 0 Å². The number of rotatable bonds is 7. The summed E-state index contributed by atoms with van der Waals surface area (Å²) in [6.45, 7) is 12.9. The Morgan fingerprint density at radius 1 is 0.724 bits per heavy atom. The summed E-state index contributed by atoms with van der Waals surface area (Å²) < 4.78 is 11.8. The summed E-state index contributed by atoms with van der Waals surface area (Å²) >= 11 is 0. The van der Waals surface area contributed by atoms with E-state index in [4.69, 9.17) is 8.83 Å². The van der Waals surface area contributed by atoms with Crippen LogP contribution in [0, 0.1) is 17.4 Å². The van der Waals surface area contributed by atoms with Gasteiger partial charge in [0.2, 0.25) is 0 Å². The van der Waals surface area contributed by atoms with Gasteiger partial charge in [0.25, 0.3) is 0 Å². The Bertz CT molecular complexity index is 1340. The molecule has 0 saturated heterocycles. The first-order chi connectivity index (χ1) is 14.1. The van der Waals surface area contributed by atoms with Crippen LogP contribution in [0.5, 0.6) is 0 Å². The Hall–Kier alpha value is -2.74. The lowest BCUT2D eigenvalue weighted by atomic mass is 10.1. The van der Waals surface area contributed by atoms with Gasteiger partial charge < -0.3 is 8.83 Å². The summed E-state index contributed by atoms with van der Waals surface area (Å²) in [5.41, 5.74) is 1.80. The van der Waals surface area contributed by atoms with E-state index in [1.54, 1.807) is 0 Å². The van der Waals surface area contributed by atoms with Crippen molar-refractivity contribution in [3.05, 3.63) is 68.8 Å². The van der Waals surface area contributed by atoms with Gasteiger partial charge in [-0.1, -0.05) is 64.3 Å². The average molecular weight is 387 g/mol. The van der Waals surface area contributed by atoms with Gasteiger partial charge in [0.15, 0.2) is 0 Å². The Morgan fingerprint density at radius 2 is 1.31 bits per heavy atom. The monoisotopic (exact) mass is 386 g/mol. The number of unbranched alkanes of at least 4 members (excludes halogenated alkanes) is 5. The van der Waals surface area contributed by atoms with Crippen molar-refractivity contribution in [2.75, 3.05) is 0 Å². The molecule has 0 aliphatic rings. The van der Waals surface area contributed by atoms with Crippen LogP contribution in [0.1, 0.15) is 57.0 Å². The van der Waals surface area contributed by atoms with Crippen molar-refractivity contribution in [1.29, 1.82) is 0 Å². The molecule has 0 aliphatic carbocycles. The fourth-order valence-corrected chi connectivity index (χ4v) is 4.23. The molecule has 150 valence electrons. The summed E-state index contributed by atoms with van der Waals surface area (Å²) in [7, 11) is 0. The van der Waals surface area contributed by atoms with Crippen LogP contribution in [0.2, 0.25) is 0 Å². The van der Waals surface area contributed by atoms with Gasteiger partial charge in [-0.05, 0) is 58.5 Å². The summed E-state index contributed by atoms with van der Waals surface area (Å²) in [6.07, 6.45) is 8.75. The lowest BCUT2D eigenvalue weighted by Gasteiger charge is -1.98. The van der Waals surface area contributed by atoms with E-state index >= 15 is 0 Å². The maximum absolute atomic E-state index is 6.10. The second kappa shape index (κ2) is 8.32. The first-order valence-electron chi connectivity index (χ1n) is 10.8. The average Bonchev–Trinajstić information content (AvgIpc) is 3.29. The molecular weight excluding hydrogens is 356 g/mol. The van der Waals surface area contributed by atoms with Crippen LogP contribution in [0.4, 0.5) is 0 Å². The SMILES string of the molecule is C=c1/c(=c2/ccc3oc(CCCCCCCC)cc3c2=C)ccc2oc(C)cc12. The predicted molar refractivity (Wildman–Crippen MR) is 122 cm³/mol. The molecule has 2 aromatic heterocycles. The van der Waals surface area contributed by atoms with Crippen molar-refractivity contribution < 1.29 is 8.83 Å². The number of fused-ring (bicyclic) bond motifs is 2. The molecule has 2 heteroatoms. The Balaban J connectivity index is 1.70. The van der Waals surface area contributed by atoms with Crippen molar-refractivity contribution in [3.63, 3.8) is 0 Å². The Kier molecular flexibility index (Phi) is 5.62. The van der Waals surface area contributed by atoms with Crippen LogP contribution in [-0.2, 0) is 6.42 Å². The normalized spacial score (nSPS) is 12.9. The Labute approximate surface area is 171 Å². The highest BCUT2D eigenvalue weighted by Crippen LogP contribution is 2.19. The van der Waals surface area contributed by atoms with Gasteiger partial charge >= 0.3 is 0 Å². The van der Waals surface area contributed by atoms with E-state index in [0.29, 0.717) is 0 Å². The van der Waals surface area contributed by atoms with Gasteiger partial charge in [0.1, 0.15) is 22.7 Å². The molecule has 0 bridgehead atoms. The largest absolute Gasteiger partial charge is 0.461 e. The second-order valence-corrected chi connectivity index (χ2v) is 8.09. The third kappa shape index (κ3) is 3.89. The van der Waals surface area contributed by atoms with Gasteiger partial charge in [-0.3, -0.25) is 0 Å². The fraction of sp³-hybridized carbons (Fsp3) is 0.333. The zero-order valence-corrected chi connectivity index (χ0v) is 17.6. The van der Waals surface area contributed by atoms with Crippen LogP contribution >= 0.6 is 0 Å². The van der Waals surface area contributed by atoms with Crippen LogP contribution in [0.25, 0.3) is 35.1 Å². The molecule has 0 saturated carbocycles. The van der Waals surface area contributed by atoms with Gasteiger partial charge in [-0.25, -0.2) is 0 Å². The number of benzene rings is 2. The highest BCUT2D eigenvalue weighted by atomic mass is 16.3. The van der Waals surface area contributed by atoms with E-state index in [1.807, 2.05) is 13.0 Å². The molecule has 4 rings (SSSR count). The standard InChI is InChI=1S/C27H30O2/c1-5-6-7-8-9-10-11-21-17-25-20(4)23(13-15-27(25)29-21)22-12-14-26-24(19(22)3)16-18(2)28-26/h12-17H,3-11H2,1-2H3/b23-22-. The lowest BCUT2D eigenvalue weighted by Crippen LogP contribution is -2.08. The highest BCUT2D eigenvalue weighted by molar-refractivity contribution is 5.80. The number of hydrogen-bond donors (Lipinski definition) is 0. The number of furan rings is 2. The van der Waals surface area contributed by atoms with Crippen molar-refractivity contribution in [2.24, 2.45) is 0 Å². The van der Waals surface area contributed by atoms with E-state index in [9.17, 15) is 0 Å². The zero-order valence-electron chi connectivity index (χ0n) is 17.6. The second-order valence-electron chi connectivity index (χ2n) is 8.09. The van der Waals surface area contributed by atoms with Crippen molar-refractivity contribution in [1.82, 2.24) is 0 Å². The van der Waals surface area contributed by atoms with Gasteiger partial charge in [-0.2, -0.15) is 0 Å². The minimum absolute atomic E-state index is 0.882. The predicted octanol–water partition coefficient (Wildman–Crippen LogP) is 6.50. The third-order valence-corrected chi connectivity index (χ3v) is 5.87. The number of aryl methyl sites for hydroxylation is 2. The minimum Gasteiger partial charge on any atom is -0.461 e. The molecule has 4 aromatic rings. The lowest BCUT2D eigenvalue weighted by molar-refractivity contribution is 0.521. The molecule has 0 atom stereocenters. The minimum atomic E-state index is 0.882. The van der Waals surface area contributed by atoms with Crippen molar-refractivity contribution in [2.45, 2.75) is 58.8 Å². The molecule has 0 fully saturated rings. The molecule has 0 aliphatic heterocycles. The van der Waals surface area contributed by atoms with Gasteiger partial charge in [0, 0.05) is 17.2 Å².